The van der Waals surface area contributed by atoms with Gasteiger partial charge in [0.05, 0.1) is 14.2 Å². The SMILES string of the molecule is COC(=O)C=C(Cl)C(=O)OC. The van der Waals surface area contributed by atoms with Crippen molar-refractivity contribution >= 4 is 23.5 Å². The molecule has 0 saturated heterocycles. The number of hydrogen-bond donors (Lipinski definition) is 0. The molecule has 0 aliphatic carbocycles. The minimum Gasteiger partial charge on any atom is -0.466 e. The first-order valence-electron chi connectivity index (χ1n) is 2.65. The van der Waals surface area contributed by atoms with E-state index < -0.39 is 11.9 Å². The van der Waals surface area contributed by atoms with E-state index in [2.05, 4.69) is 9.47 Å². The molecular formula is C6H7ClO4. The number of esters is 2. The van der Waals surface area contributed by atoms with E-state index in [0.29, 0.717) is 0 Å². The van der Waals surface area contributed by atoms with E-state index in [0.717, 1.165) is 13.2 Å². The number of hydrogen-bond acceptors (Lipinski definition) is 4. The van der Waals surface area contributed by atoms with Gasteiger partial charge in [0.15, 0.2) is 0 Å². The van der Waals surface area contributed by atoms with Gasteiger partial charge in [-0.05, 0) is 0 Å². The Morgan fingerprint density at radius 3 is 2.18 bits per heavy atom. The number of carbonyl (C=O) groups excluding carboxylic acids is 2. The third kappa shape index (κ3) is 3.62. The van der Waals surface area contributed by atoms with Crippen LogP contribution in [-0.4, -0.2) is 26.2 Å². The van der Waals surface area contributed by atoms with E-state index in [4.69, 9.17) is 11.6 Å². The second-order valence-corrected chi connectivity index (χ2v) is 1.91. The smallest absolute Gasteiger partial charge is 0.349 e. The van der Waals surface area contributed by atoms with Crippen molar-refractivity contribution in [1.82, 2.24) is 0 Å². The maximum Gasteiger partial charge on any atom is 0.349 e. The van der Waals surface area contributed by atoms with Crippen LogP contribution in [-0.2, 0) is 19.1 Å². The third-order valence-electron chi connectivity index (χ3n) is 0.826. The molecule has 0 aromatic carbocycles. The second-order valence-electron chi connectivity index (χ2n) is 1.51. The number of carbonyl (C=O) groups is 2. The van der Waals surface area contributed by atoms with Gasteiger partial charge in [0.1, 0.15) is 5.03 Å². The Kier molecular flexibility index (Phi) is 4.29. The number of rotatable bonds is 2. The van der Waals surface area contributed by atoms with Gasteiger partial charge in [-0.2, -0.15) is 0 Å². The van der Waals surface area contributed by atoms with E-state index >= 15 is 0 Å². The lowest BCUT2D eigenvalue weighted by molar-refractivity contribution is -0.137. The Morgan fingerprint density at radius 1 is 1.27 bits per heavy atom. The van der Waals surface area contributed by atoms with Crippen LogP contribution in [0.25, 0.3) is 0 Å². The lowest BCUT2D eigenvalue weighted by Gasteiger charge is -1.94. The van der Waals surface area contributed by atoms with Crippen molar-refractivity contribution in [2.24, 2.45) is 0 Å². The standard InChI is InChI=1S/C6H7ClO4/c1-10-5(8)3-4(7)6(9)11-2/h3H,1-2H3. The summed E-state index contributed by atoms with van der Waals surface area (Å²) in [7, 11) is 2.34. The van der Waals surface area contributed by atoms with Crippen LogP contribution >= 0.6 is 11.6 Å². The molecule has 0 fully saturated rings. The highest BCUT2D eigenvalue weighted by atomic mass is 35.5. The summed E-state index contributed by atoms with van der Waals surface area (Å²) in [5, 5.41) is -0.306. The normalized spacial score (nSPS) is 10.6. The summed E-state index contributed by atoms with van der Waals surface area (Å²) in [6.07, 6.45) is 0.841. The van der Waals surface area contributed by atoms with Crippen molar-refractivity contribution in [1.29, 1.82) is 0 Å². The molecule has 0 radical (unpaired) electrons. The summed E-state index contributed by atoms with van der Waals surface area (Å²) in [6, 6.07) is 0. The second kappa shape index (κ2) is 4.73. The fraction of sp³-hybridized carbons (Fsp3) is 0.333. The van der Waals surface area contributed by atoms with Crippen molar-refractivity contribution in [2.45, 2.75) is 0 Å². The summed E-state index contributed by atoms with van der Waals surface area (Å²) in [5.74, 6) is -1.46. The molecule has 0 unspecified atom stereocenters. The first-order valence-corrected chi connectivity index (χ1v) is 3.03. The minimum atomic E-state index is -0.767. The summed E-state index contributed by atoms with van der Waals surface area (Å²) in [5.41, 5.74) is 0. The number of halogens is 1. The van der Waals surface area contributed by atoms with Crippen molar-refractivity contribution in [3.8, 4) is 0 Å². The van der Waals surface area contributed by atoms with Crippen molar-refractivity contribution in [2.75, 3.05) is 14.2 Å². The molecular weight excluding hydrogens is 172 g/mol. The molecule has 0 N–H and O–H groups in total. The number of methoxy groups -OCH3 is 2. The first kappa shape index (κ1) is 9.97. The van der Waals surface area contributed by atoms with Crippen molar-refractivity contribution in [3.63, 3.8) is 0 Å². The molecule has 0 spiro atoms. The van der Waals surface area contributed by atoms with Crippen LogP contribution in [0.15, 0.2) is 11.1 Å². The quantitative estimate of drug-likeness (QED) is 0.455. The van der Waals surface area contributed by atoms with Gasteiger partial charge in [-0.1, -0.05) is 11.6 Å². The van der Waals surface area contributed by atoms with Gasteiger partial charge < -0.3 is 9.47 Å². The largest absolute Gasteiger partial charge is 0.466 e. The summed E-state index contributed by atoms with van der Waals surface area (Å²) in [6.45, 7) is 0. The number of ether oxygens (including phenoxy) is 2. The molecule has 0 atom stereocenters. The van der Waals surface area contributed by atoms with E-state index in [-0.39, 0.29) is 5.03 Å². The highest BCUT2D eigenvalue weighted by Crippen LogP contribution is 2.02. The molecule has 62 valence electrons. The Morgan fingerprint density at radius 2 is 1.82 bits per heavy atom. The molecule has 0 aromatic heterocycles. The zero-order chi connectivity index (χ0) is 8.85. The lowest BCUT2D eigenvalue weighted by atomic mass is 10.5. The monoisotopic (exact) mass is 178 g/mol. The van der Waals surface area contributed by atoms with Crippen LogP contribution in [0.3, 0.4) is 0 Å². The maximum atomic E-state index is 10.5. The van der Waals surface area contributed by atoms with E-state index in [1.807, 2.05) is 0 Å². The molecule has 0 aliphatic heterocycles. The van der Waals surface area contributed by atoms with Gasteiger partial charge in [0.25, 0.3) is 0 Å². The highest BCUT2D eigenvalue weighted by molar-refractivity contribution is 6.42. The Balaban J connectivity index is 4.21. The predicted octanol–water partition coefficient (Wildman–Crippen LogP) is 0.455. The Labute approximate surface area is 68.7 Å². The van der Waals surface area contributed by atoms with Crippen LogP contribution in [0.1, 0.15) is 0 Å². The average Bonchev–Trinajstić information content (AvgIpc) is 2.02. The molecule has 11 heavy (non-hydrogen) atoms. The summed E-state index contributed by atoms with van der Waals surface area (Å²) < 4.78 is 8.42. The van der Waals surface area contributed by atoms with Crippen molar-refractivity contribution < 1.29 is 19.1 Å². The van der Waals surface area contributed by atoms with Gasteiger partial charge in [-0.3, -0.25) is 0 Å². The fourth-order valence-corrected chi connectivity index (χ4v) is 0.485. The topological polar surface area (TPSA) is 52.6 Å². The zero-order valence-corrected chi connectivity index (χ0v) is 6.84. The highest BCUT2D eigenvalue weighted by Gasteiger charge is 2.07. The predicted molar refractivity (Wildman–Crippen MR) is 38.0 cm³/mol. The van der Waals surface area contributed by atoms with Crippen LogP contribution in [0.5, 0.6) is 0 Å². The lowest BCUT2D eigenvalue weighted by Crippen LogP contribution is -2.03. The molecule has 0 saturated carbocycles. The van der Waals surface area contributed by atoms with Gasteiger partial charge in [0.2, 0.25) is 0 Å². The zero-order valence-electron chi connectivity index (χ0n) is 6.09. The van der Waals surface area contributed by atoms with Gasteiger partial charge in [-0.25, -0.2) is 9.59 Å². The summed E-state index contributed by atoms with van der Waals surface area (Å²) >= 11 is 5.29. The molecule has 0 amide bonds. The van der Waals surface area contributed by atoms with Crippen LogP contribution < -0.4 is 0 Å². The fourth-order valence-electron chi connectivity index (χ4n) is 0.319. The van der Waals surface area contributed by atoms with Crippen LogP contribution in [0.4, 0.5) is 0 Å². The van der Waals surface area contributed by atoms with Crippen molar-refractivity contribution in [3.05, 3.63) is 11.1 Å². The molecule has 0 heterocycles. The maximum absolute atomic E-state index is 10.5. The van der Waals surface area contributed by atoms with Gasteiger partial charge in [-0.15, -0.1) is 0 Å². The Hall–Kier alpha value is -1.03. The van der Waals surface area contributed by atoms with Gasteiger partial charge >= 0.3 is 11.9 Å². The first-order chi connectivity index (χ1) is 5.11. The van der Waals surface area contributed by atoms with E-state index in [9.17, 15) is 9.59 Å². The average molecular weight is 179 g/mol. The van der Waals surface area contributed by atoms with E-state index in [1.54, 1.807) is 0 Å². The van der Waals surface area contributed by atoms with Gasteiger partial charge in [0, 0.05) is 6.08 Å². The Bertz CT molecular complexity index is 197. The minimum absolute atomic E-state index is 0.306. The molecule has 0 aliphatic rings. The molecule has 0 aromatic rings. The molecule has 5 heteroatoms. The summed E-state index contributed by atoms with van der Waals surface area (Å²) in [4.78, 5) is 21.0. The van der Waals surface area contributed by atoms with Crippen LogP contribution in [0.2, 0.25) is 0 Å². The van der Waals surface area contributed by atoms with Crippen LogP contribution in [0, 0.1) is 0 Å². The van der Waals surface area contributed by atoms with E-state index in [1.165, 1.54) is 7.11 Å². The third-order valence-corrected chi connectivity index (χ3v) is 1.09. The molecule has 0 bridgehead atoms. The molecule has 0 rings (SSSR count). The molecule has 4 nitrogen and oxygen atoms in total.